The molecule has 1 N–H and O–H groups in total. The highest BCUT2D eigenvalue weighted by molar-refractivity contribution is 6.31. The average Bonchev–Trinajstić information content (AvgIpc) is 2.76. The standard InChI is InChI=1S/C26H24ClF3N2O2.ClH/c1-17-23(25(33)24(27)18(2)31-17)21-11-7-19(8-12-21)6-4-5-15-32(3)16-20-9-13-22(14-10-20)34-26(28,29)30;/h7-14H,5,15-16H2,1-3H3,(H,31,33);1H. The zero-order chi connectivity index (χ0) is 24.9. The van der Waals surface area contributed by atoms with Gasteiger partial charge in [-0.1, -0.05) is 47.7 Å². The highest BCUT2D eigenvalue weighted by Crippen LogP contribution is 2.24. The van der Waals surface area contributed by atoms with Gasteiger partial charge in [0.2, 0.25) is 5.43 Å². The van der Waals surface area contributed by atoms with Crippen LogP contribution >= 0.6 is 24.0 Å². The van der Waals surface area contributed by atoms with Crippen molar-refractivity contribution in [1.82, 2.24) is 9.88 Å². The van der Waals surface area contributed by atoms with Crippen LogP contribution in [0, 0.1) is 25.7 Å². The second-order valence-electron chi connectivity index (χ2n) is 7.95. The minimum absolute atomic E-state index is 0. The topological polar surface area (TPSA) is 45.3 Å². The van der Waals surface area contributed by atoms with Crippen molar-refractivity contribution in [3.8, 4) is 28.7 Å². The van der Waals surface area contributed by atoms with Crippen molar-refractivity contribution in [2.24, 2.45) is 0 Å². The van der Waals surface area contributed by atoms with Crippen molar-refractivity contribution in [1.29, 1.82) is 0 Å². The van der Waals surface area contributed by atoms with Crippen molar-refractivity contribution in [3.63, 3.8) is 0 Å². The van der Waals surface area contributed by atoms with Crippen LogP contribution in [0.4, 0.5) is 13.2 Å². The predicted molar refractivity (Wildman–Crippen MR) is 135 cm³/mol. The maximum absolute atomic E-state index is 12.5. The summed E-state index contributed by atoms with van der Waals surface area (Å²) < 4.78 is 40.6. The summed E-state index contributed by atoms with van der Waals surface area (Å²) in [6, 6.07) is 13.3. The number of hydrogen-bond acceptors (Lipinski definition) is 3. The number of nitrogens with zero attached hydrogens (tertiary/aromatic N) is 1. The van der Waals surface area contributed by atoms with Crippen LogP contribution in [0.25, 0.3) is 11.1 Å². The summed E-state index contributed by atoms with van der Waals surface area (Å²) in [4.78, 5) is 17.7. The molecule has 3 rings (SSSR count). The first-order valence-electron chi connectivity index (χ1n) is 10.5. The molecule has 35 heavy (non-hydrogen) atoms. The smallest absolute Gasteiger partial charge is 0.406 e. The number of aromatic nitrogens is 1. The number of aromatic amines is 1. The van der Waals surface area contributed by atoms with Gasteiger partial charge < -0.3 is 14.6 Å². The quantitative estimate of drug-likeness (QED) is 0.374. The molecule has 186 valence electrons. The van der Waals surface area contributed by atoms with Gasteiger partial charge in [0.1, 0.15) is 10.8 Å². The number of rotatable bonds is 6. The van der Waals surface area contributed by atoms with E-state index in [0.717, 1.165) is 22.4 Å². The van der Waals surface area contributed by atoms with E-state index in [1.54, 1.807) is 19.1 Å². The molecule has 0 aliphatic heterocycles. The lowest BCUT2D eigenvalue weighted by Gasteiger charge is -2.15. The van der Waals surface area contributed by atoms with Gasteiger partial charge in [0.25, 0.3) is 0 Å². The van der Waals surface area contributed by atoms with Gasteiger partial charge in [-0.05, 0) is 56.3 Å². The van der Waals surface area contributed by atoms with Crippen LogP contribution in [-0.2, 0) is 6.54 Å². The first-order valence-corrected chi connectivity index (χ1v) is 10.9. The van der Waals surface area contributed by atoms with Gasteiger partial charge in [0, 0.05) is 42.0 Å². The Balaban J connectivity index is 0.00000432. The van der Waals surface area contributed by atoms with Gasteiger partial charge in [0.05, 0.1) is 0 Å². The monoisotopic (exact) mass is 524 g/mol. The van der Waals surface area contributed by atoms with Crippen molar-refractivity contribution < 1.29 is 17.9 Å². The lowest BCUT2D eigenvalue weighted by molar-refractivity contribution is -0.274. The summed E-state index contributed by atoms with van der Waals surface area (Å²) in [7, 11) is 1.92. The number of benzene rings is 2. The molecule has 9 heteroatoms. The zero-order valence-corrected chi connectivity index (χ0v) is 21.0. The summed E-state index contributed by atoms with van der Waals surface area (Å²) in [5.41, 5.74) is 4.25. The predicted octanol–water partition coefficient (Wildman–Crippen LogP) is 6.51. The van der Waals surface area contributed by atoms with Gasteiger partial charge >= 0.3 is 6.36 Å². The van der Waals surface area contributed by atoms with Gasteiger partial charge in [-0.3, -0.25) is 4.79 Å². The molecule has 2 aromatic carbocycles. The number of hydrogen-bond donors (Lipinski definition) is 1. The molecule has 0 radical (unpaired) electrons. The number of halogens is 5. The highest BCUT2D eigenvalue weighted by atomic mass is 35.5. The largest absolute Gasteiger partial charge is 0.573 e. The number of H-pyrrole nitrogens is 1. The lowest BCUT2D eigenvalue weighted by atomic mass is 10.0. The SMILES string of the molecule is Cc1[nH]c(C)c(-c2ccc(C#CCCN(C)Cc3ccc(OC(F)(F)F)cc3)cc2)c(=O)c1Cl.Cl. The molecule has 0 unspecified atom stereocenters. The highest BCUT2D eigenvalue weighted by Gasteiger charge is 2.30. The summed E-state index contributed by atoms with van der Waals surface area (Å²) >= 11 is 6.11. The molecule has 0 atom stereocenters. The molecule has 1 aromatic heterocycles. The fourth-order valence-corrected chi connectivity index (χ4v) is 3.66. The van der Waals surface area contributed by atoms with E-state index in [-0.39, 0.29) is 28.6 Å². The Bertz CT molecular complexity index is 1260. The summed E-state index contributed by atoms with van der Waals surface area (Å²) in [6.07, 6.45) is -4.07. The summed E-state index contributed by atoms with van der Waals surface area (Å²) in [5.74, 6) is 6.00. The third-order valence-electron chi connectivity index (χ3n) is 5.14. The number of pyridine rings is 1. The van der Waals surface area contributed by atoms with Crippen molar-refractivity contribution >= 4 is 24.0 Å². The van der Waals surface area contributed by atoms with E-state index in [2.05, 4.69) is 21.6 Å². The molecule has 0 spiro atoms. The number of ether oxygens (including phenoxy) is 1. The Hall–Kier alpha value is -2.92. The van der Waals surface area contributed by atoms with E-state index in [1.807, 2.05) is 43.1 Å². The lowest BCUT2D eigenvalue weighted by Crippen LogP contribution is -2.19. The first kappa shape index (κ1) is 28.3. The normalized spacial score (nSPS) is 11.0. The minimum atomic E-state index is -4.69. The van der Waals surface area contributed by atoms with Crippen LogP contribution in [0.2, 0.25) is 5.02 Å². The van der Waals surface area contributed by atoms with E-state index in [0.29, 0.717) is 30.8 Å². The molecule has 0 aliphatic carbocycles. The van der Waals surface area contributed by atoms with Crippen LogP contribution in [-0.4, -0.2) is 29.8 Å². The van der Waals surface area contributed by atoms with Crippen molar-refractivity contribution in [3.05, 3.63) is 86.3 Å². The molecule has 0 aliphatic rings. The Labute approximate surface area is 213 Å². The Morgan fingerprint density at radius 2 is 1.66 bits per heavy atom. The fraction of sp³-hybridized carbons (Fsp3) is 0.269. The Morgan fingerprint density at radius 3 is 2.26 bits per heavy atom. The van der Waals surface area contributed by atoms with Crippen LogP contribution in [0.1, 0.15) is 28.9 Å². The van der Waals surface area contributed by atoms with E-state index in [4.69, 9.17) is 11.6 Å². The van der Waals surface area contributed by atoms with Crippen LogP contribution in [0.5, 0.6) is 5.75 Å². The van der Waals surface area contributed by atoms with Crippen molar-refractivity contribution in [2.75, 3.05) is 13.6 Å². The number of aryl methyl sites for hydroxylation is 2. The summed E-state index contributed by atoms with van der Waals surface area (Å²) in [6.45, 7) is 4.88. The zero-order valence-electron chi connectivity index (χ0n) is 19.4. The molecule has 4 nitrogen and oxygen atoms in total. The molecule has 1 heterocycles. The molecular formula is C26H25Cl2F3N2O2. The third kappa shape index (κ3) is 8.07. The molecule has 0 saturated carbocycles. The van der Waals surface area contributed by atoms with Gasteiger partial charge in [-0.15, -0.1) is 25.6 Å². The molecule has 3 aromatic rings. The summed E-state index contributed by atoms with van der Waals surface area (Å²) in [5, 5.41) is 0.194. The molecule has 0 fully saturated rings. The van der Waals surface area contributed by atoms with Gasteiger partial charge in [0.15, 0.2) is 0 Å². The maximum atomic E-state index is 12.5. The number of nitrogens with one attached hydrogen (secondary N) is 1. The Kier molecular flexibility index (Phi) is 9.84. The van der Waals surface area contributed by atoms with Gasteiger partial charge in [-0.25, -0.2) is 0 Å². The molecule has 0 bridgehead atoms. The first-order chi connectivity index (χ1) is 16.0. The number of alkyl halides is 3. The maximum Gasteiger partial charge on any atom is 0.573 e. The minimum Gasteiger partial charge on any atom is -0.406 e. The van der Waals surface area contributed by atoms with Gasteiger partial charge in [-0.2, -0.15) is 0 Å². The van der Waals surface area contributed by atoms with E-state index in [9.17, 15) is 18.0 Å². The molecule has 0 saturated heterocycles. The van der Waals surface area contributed by atoms with E-state index < -0.39 is 6.36 Å². The second-order valence-corrected chi connectivity index (χ2v) is 8.33. The molecule has 0 amide bonds. The van der Waals surface area contributed by atoms with E-state index >= 15 is 0 Å². The fourth-order valence-electron chi connectivity index (χ4n) is 3.52. The van der Waals surface area contributed by atoms with Crippen molar-refractivity contribution in [2.45, 2.75) is 33.2 Å². The molecular weight excluding hydrogens is 500 g/mol. The second kappa shape index (κ2) is 12.2. The van der Waals surface area contributed by atoms with Crippen LogP contribution in [0.3, 0.4) is 0 Å². The Morgan fingerprint density at radius 1 is 1.03 bits per heavy atom. The van der Waals surface area contributed by atoms with Crippen LogP contribution in [0.15, 0.2) is 53.3 Å². The van der Waals surface area contributed by atoms with E-state index in [1.165, 1.54) is 12.1 Å². The average molecular weight is 525 g/mol. The van der Waals surface area contributed by atoms with Crippen LogP contribution < -0.4 is 10.2 Å². The third-order valence-corrected chi connectivity index (χ3v) is 5.60.